The van der Waals surface area contributed by atoms with Crippen LogP contribution in [0.1, 0.15) is 67.6 Å². The fourth-order valence-electron chi connectivity index (χ4n) is 5.63. The number of aromatic nitrogens is 1. The second kappa shape index (κ2) is 7.91. The van der Waals surface area contributed by atoms with Crippen molar-refractivity contribution in [3.8, 4) is 0 Å². The number of amides is 1. The van der Waals surface area contributed by atoms with Gasteiger partial charge in [-0.05, 0) is 91.8 Å². The summed E-state index contributed by atoms with van der Waals surface area (Å²) in [5, 5.41) is 3.25. The van der Waals surface area contributed by atoms with Gasteiger partial charge in [0.25, 0.3) is 0 Å². The van der Waals surface area contributed by atoms with Crippen LogP contribution in [0, 0.1) is 0 Å². The molecular formula is C25H31N3O. The van der Waals surface area contributed by atoms with Gasteiger partial charge in [-0.25, -0.2) is 0 Å². The van der Waals surface area contributed by atoms with E-state index in [1.807, 2.05) is 12.4 Å². The summed E-state index contributed by atoms with van der Waals surface area (Å²) in [7, 11) is 0. The molecule has 1 saturated carbocycles. The van der Waals surface area contributed by atoms with Crippen LogP contribution in [0.4, 0.5) is 0 Å². The highest BCUT2D eigenvalue weighted by Crippen LogP contribution is 2.52. The van der Waals surface area contributed by atoms with Crippen LogP contribution in [0.2, 0.25) is 0 Å². The number of hydrogen-bond acceptors (Lipinski definition) is 3. The highest BCUT2D eigenvalue weighted by Gasteiger charge is 2.45. The van der Waals surface area contributed by atoms with Crippen molar-refractivity contribution in [2.24, 2.45) is 0 Å². The molecule has 2 aromatic rings. The molecule has 3 aliphatic rings. The van der Waals surface area contributed by atoms with Crippen LogP contribution in [0.3, 0.4) is 0 Å². The van der Waals surface area contributed by atoms with E-state index in [4.69, 9.17) is 0 Å². The third-order valence-electron chi connectivity index (χ3n) is 7.48. The predicted octanol–water partition coefficient (Wildman–Crippen LogP) is 4.16. The third-order valence-corrected chi connectivity index (χ3v) is 7.48. The van der Waals surface area contributed by atoms with Gasteiger partial charge in [-0.2, -0.15) is 0 Å². The molecule has 2 aliphatic carbocycles. The molecule has 0 bridgehead atoms. The number of nitrogens with one attached hydrogen (secondary N) is 1. The number of fused-ring (bicyclic) bond motifs is 2. The molecule has 2 fully saturated rings. The molecule has 1 aromatic carbocycles. The summed E-state index contributed by atoms with van der Waals surface area (Å²) in [6.07, 6.45) is 11.5. The van der Waals surface area contributed by atoms with Crippen molar-refractivity contribution in [1.29, 1.82) is 0 Å². The third kappa shape index (κ3) is 3.83. The van der Waals surface area contributed by atoms with Crippen LogP contribution in [0.25, 0.3) is 0 Å². The number of likely N-dealkylation sites (tertiary alicyclic amines) is 1. The largest absolute Gasteiger partial charge is 0.353 e. The lowest BCUT2D eigenvalue weighted by molar-refractivity contribution is -0.122. The van der Waals surface area contributed by atoms with Gasteiger partial charge in [0.1, 0.15) is 0 Å². The monoisotopic (exact) mass is 389 g/mol. The van der Waals surface area contributed by atoms with Gasteiger partial charge in [0, 0.05) is 31.4 Å². The first kappa shape index (κ1) is 18.8. The zero-order valence-corrected chi connectivity index (χ0v) is 17.1. The van der Waals surface area contributed by atoms with Gasteiger partial charge in [0.05, 0.1) is 0 Å². The highest BCUT2D eigenvalue weighted by molar-refractivity contribution is 5.77. The summed E-state index contributed by atoms with van der Waals surface area (Å²) in [6.45, 7) is 3.25. The SMILES string of the molecule is O=C(C[C@H]1CC2(CCN(Cc3ccncc3)CC2)c2ccccc21)NC1CCC1. The predicted molar refractivity (Wildman–Crippen MR) is 115 cm³/mol. The Morgan fingerprint density at radius 3 is 2.59 bits per heavy atom. The zero-order valence-electron chi connectivity index (χ0n) is 17.1. The Hall–Kier alpha value is -2.20. The van der Waals surface area contributed by atoms with E-state index < -0.39 is 0 Å². The number of benzene rings is 1. The number of nitrogens with zero attached hydrogens (tertiary/aromatic N) is 2. The molecule has 1 amide bonds. The number of carbonyl (C=O) groups excluding carboxylic acids is 1. The van der Waals surface area contributed by atoms with Crippen molar-refractivity contribution >= 4 is 5.91 Å². The number of piperidine rings is 1. The van der Waals surface area contributed by atoms with Crippen molar-refractivity contribution < 1.29 is 4.79 Å². The molecule has 1 spiro atoms. The van der Waals surface area contributed by atoms with E-state index in [2.05, 4.69) is 51.6 Å². The fraction of sp³-hybridized carbons (Fsp3) is 0.520. The first-order valence-corrected chi connectivity index (χ1v) is 11.2. The number of hydrogen-bond donors (Lipinski definition) is 1. The van der Waals surface area contributed by atoms with Crippen LogP contribution < -0.4 is 5.32 Å². The van der Waals surface area contributed by atoms with E-state index in [-0.39, 0.29) is 11.3 Å². The van der Waals surface area contributed by atoms with Gasteiger partial charge in [0.2, 0.25) is 5.91 Å². The maximum atomic E-state index is 12.6. The number of carbonyl (C=O) groups is 1. The summed E-state index contributed by atoms with van der Waals surface area (Å²) >= 11 is 0. The molecule has 1 N–H and O–H groups in total. The molecule has 29 heavy (non-hydrogen) atoms. The molecule has 4 heteroatoms. The minimum absolute atomic E-state index is 0.252. The van der Waals surface area contributed by atoms with Crippen molar-refractivity contribution in [1.82, 2.24) is 15.2 Å². The Balaban J connectivity index is 1.26. The maximum absolute atomic E-state index is 12.6. The molecule has 0 unspecified atom stereocenters. The van der Waals surface area contributed by atoms with Gasteiger partial charge >= 0.3 is 0 Å². The smallest absolute Gasteiger partial charge is 0.220 e. The topological polar surface area (TPSA) is 45.2 Å². The van der Waals surface area contributed by atoms with Crippen LogP contribution >= 0.6 is 0 Å². The molecule has 1 saturated heterocycles. The zero-order chi connectivity index (χ0) is 19.7. The van der Waals surface area contributed by atoms with Gasteiger partial charge in [-0.15, -0.1) is 0 Å². The van der Waals surface area contributed by atoms with Crippen molar-refractivity contribution in [3.05, 3.63) is 65.5 Å². The van der Waals surface area contributed by atoms with E-state index >= 15 is 0 Å². The van der Waals surface area contributed by atoms with E-state index in [9.17, 15) is 4.79 Å². The molecular weight excluding hydrogens is 358 g/mol. The first-order chi connectivity index (χ1) is 14.2. The fourth-order valence-corrected chi connectivity index (χ4v) is 5.63. The lowest BCUT2D eigenvalue weighted by Crippen LogP contribution is -2.41. The summed E-state index contributed by atoms with van der Waals surface area (Å²) in [5.74, 6) is 0.625. The normalized spacial score (nSPS) is 23.5. The summed E-state index contributed by atoms with van der Waals surface area (Å²) in [5.41, 5.74) is 4.55. The molecule has 1 atom stereocenters. The average molecular weight is 390 g/mol. The molecule has 152 valence electrons. The van der Waals surface area contributed by atoms with Crippen molar-refractivity contribution in [3.63, 3.8) is 0 Å². The van der Waals surface area contributed by atoms with Gasteiger partial charge in [-0.3, -0.25) is 14.7 Å². The minimum atomic E-state index is 0.252. The average Bonchev–Trinajstić information content (AvgIpc) is 3.01. The summed E-state index contributed by atoms with van der Waals surface area (Å²) in [6, 6.07) is 13.6. The quantitative estimate of drug-likeness (QED) is 0.835. The lowest BCUT2D eigenvalue weighted by atomic mass is 9.73. The highest BCUT2D eigenvalue weighted by atomic mass is 16.1. The van der Waals surface area contributed by atoms with Crippen LogP contribution in [-0.4, -0.2) is 34.9 Å². The van der Waals surface area contributed by atoms with E-state index in [1.165, 1.54) is 36.0 Å². The van der Waals surface area contributed by atoms with E-state index in [0.29, 0.717) is 18.4 Å². The summed E-state index contributed by atoms with van der Waals surface area (Å²) in [4.78, 5) is 19.3. The van der Waals surface area contributed by atoms with Crippen molar-refractivity contribution in [2.45, 2.75) is 68.9 Å². The van der Waals surface area contributed by atoms with Gasteiger partial charge in [-0.1, -0.05) is 24.3 Å². The molecule has 4 nitrogen and oxygen atoms in total. The molecule has 0 radical (unpaired) electrons. The Bertz CT molecular complexity index is 853. The van der Waals surface area contributed by atoms with Gasteiger partial charge in [0.15, 0.2) is 0 Å². The molecule has 5 rings (SSSR count). The van der Waals surface area contributed by atoms with Crippen LogP contribution in [0.15, 0.2) is 48.8 Å². The standard InChI is InChI=1S/C25H31N3O/c29-24(27-21-4-3-5-21)16-20-17-25(23-7-2-1-6-22(20)23)10-14-28(15-11-25)18-19-8-12-26-13-9-19/h1-2,6-9,12-13,20-21H,3-5,10-11,14-18H2,(H,27,29)/t20-/m0/s1. The number of rotatable bonds is 5. The van der Waals surface area contributed by atoms with E-state index in [1.54, 1.807) is 0 Å². The Labute approximate surface area is 173 Å². The molecule has 1 aliphatic heterocycles. The molecule has 2 heterocycles. The van der Waals surface area contributed by atoms with Gasteiger partial charge < -0.3 is 5.32 Å². The Kier molecular flexibility index (Phi) is 5.13. The second-order valence-electron chi connectivity index (χ2n) is 9.30. The maximum Gasteiger partial charge on any atom is 0.220 e. The van der Waals surface area contributed by atoms with E-state index in [0.717, 1.165) is 38.9 Å². The van der Waals surface area contributed by atoms with Crippen LogP contribution in [-0.2, 0) is 16.8 Å². The lowest BCUT2D eigenvalue weighted by Gasteiger charge is -2.40. The van der Waals surface area contributed by atoms with Crippen molar-refractivity contribution in [2.75, 3.05) is 13.1 Å². The Morgan fingerprint density at radius 2 is 1.86 bits per heavy atom. The summed E-state index contributed by atoms with van der Waals surface area (Å²) < 4.78 is 0. The first-order valence-electron chi connectivity index (χ1n) is 11.2. The minimum Gasteiger partial charge on any atom is -0.353 e. The molecule has 1 aromatic heterocycles. The number of pyridine rings is 1. The van der Waals surface area contributed by atoms with Crippen LogP contribution in [0.5, 0.6) is 0 Å². The Morgan fingerprint density at radius 1 is 1.10 bits per heavy atom. The second-order valence-corrected chi connectivity index (χ2v) is 9.30.